The van der Waals surface area contributed by atoms with Crippen molar-refractivity contribution >= 4 is 57.6 Å². The lowest BCUT2D eigenvalue weighted by Gasteiger charge is -2.02. The van der Waals surface area contributed by atoms with Crippen molar-refractivity contribution in [3.63, 3.8) is 0 Å². The van der Waals surface area contributed by atoms with Crippen LogP contribution in [0.2, 0.25) is 5.02 Å². The number of carboxylic acid groups (broad SMARTS) is 1. The summed E-state index contributed by atoms with van der Waals surface area (Å²) < 4.78 is 5.75. The van der Waals surface area contributed by atoms with E-state index in [1.165, 1.54) is 23.5 Å². The minimum Gasteiger partial charge on any atom is -0.478 e. The Bertz CT molecular complexity index is 1130. The second kappa shape index (κ2) is 7.38. The molecule has 0 amide bonds. The molecule has 0 saturated carbocycles. The summed E-state index contributed by atoms with van der Waals surface area (Å²) in [6.07, 6.45) is 3.20. The number of hydrogen-bond donors (Lipinski definition) is 2. The number of allylic oxidation sites excluding steroid dienone is 1. The first kappa shape index (κ1) is 18.7. The Kier molecular flexibility index (Phi) is 4.92. The highest BCUT2D eigenvalue weighted by Crippen LogP contribution is 2.41. The summed E-state index contributed by atoms with van der Waals surface area (Å²) in [5, 5.41) is 20.1. The Balaban J connectivity index is 1.62. The highest BCUT2D eigenvalue weighted by molar-refractivity contribution is 8.19. The van der Waals surface area contributed by atoms with Gasteiger partial charge >= 0.3 is 5.97 Å². The van der Waals surface area contributed by atoms with Gasteiger partial charge in [-0.25, -0.2) is 9.78 Å². The molecule has 2 aromatic heterocycles. The molecule has 0 bridgehead atoms. The molecule has 140 valence electrons. The second-order valence-electron chi connectivity index (χ2n) is 5.84. The first-order chi connectivity index (χ1) is 13.4. The SMILES string of the molecule is N=C1S/C(=C\c2ccc(-c3ccc(Cl)c(C(=O)O)c3)o2)C(=O)[C@H]1c1nccs1. The fraction of sp³-hybridized carbons (Fsp3) is 0.0526. The largest absolute Gasteiger partial charge is 0.478 e. The number of furan rings is 1. The molecule has 3 aromatic rings. The van der Waals surface area contributed by atoms with Crippen molar-refractivity contribution in [3.05, 3.63) is 68.2 Å². The van der Waals surface area contributed by atoms with Crippen LogP contribution in [0.1, 0.15) is 27.0 Å². The number of carbonyl (C=O) groups excluding carboxylic acids is 1. The van der Waals surface area contributed by atoms with Crippen molar-refractivity contribution in [1.82, 2.24) is 4.98 Å². The molecule has 0 radical (unpaired) electrons. The van der Waals surface area contributed by atoms with Gasteiger partial charge in [0, 0.05) is 17.1 Å². The maximum absolute atomic E-state index is 12.7. The van der Waals surface area contributed by atoms with Crippen LogP contribution in [0.5, 0.6) is 0 Å². The molecule has 1 aromatic carbocycles. The van der Waals surface area contributed by atoms with Crippen molar-refractivity contribution < 1.29 is 19.1 Å². The van der Waals surface area contributed by atoms with Crippen LogP contribution < -0.4 is 0 Å². The number of thioether (sulfide) groups is 1. The molecule has 1 saturated heterocycles. The summed E-state index contributed by atoms with van der Waals surface area (Å²) in [7, 11) is 0. The van der Waals surface area contributed by atoms with E-state index >= 15 is 0 Å². The fourth-order valence-corrected chi connectivity index (χ4v) is 4.73. The van der Waals surface area contributed by atoms with Gasteiger partial charge in [0.1, 0.15) is 22.4 Å². The topological polar surface area (TPSA) is 104 Å². The molecule has 28 heavy (non-hydrogen) atoms. The van der Waals surface area contributed by atoms with Crippen molar-refractivity contribution in [1.29, 1.82) is 5.41 Å². The average Bonchev–Trinajstić information content (AvgIpc) is 3.38. The van der Waals surface area contributed by atoms with E-state index in [2.05, 4.69) is 4.98 Å². The Morgan fingerprint density at radius 2 is 2.14 bits per heavy atom. The third-order valence-electron chi connectivity index (χ3n) is 4.07. The highest BCUT2D eigenvalue weighted by Gasteiger charge is 2.38. The molecule has 9 heteroatoms. The second-order valence-corrected chi connectivity index (χ2v) is 8.26. The zero-order valence-electron chi connectivity index (χ0n) is 14.0. The van der Waals surface area contributed by atoms with E-state index in [1.807, 2.05) is 0 Å². The maximum atomic E-state index is 12.7. The molecular formula is C19H11ClN2O4S2. The minimum absolute atomic E-state index is 0.0169. The van der Waals surface area contributed by atoms with Gasteiger partial charge < -0.3 is 9.52 Å². The van der Waals surface area contributed by atoms with Gasteiger partial charge in [-0.15, -0.1) is 11.3 Å². The number of rotatable bonds is 4. The molecule has 2 N–H and O–H groups in total. The van der Waals surface area contributed by atoms with E-state index in [-0.39, 0.29) is 21.4 Å². The van der Waals surface area contributed by atoms with Crippen LogP contribution in [-0.2, 0) is 4.79 Å². The predicted molar refractivity (Wildman–Crippen MR) is 109 cm³/mol. The first-order valence-electron chi connectivity index (χ1n) is 7.98. The number of hydrogen-bond acceptors (Lipinski definition) is 7. The van der Waals surface area contributed by atoms with Gasteiger partial charge in [0.05, 0.1) is 20.5 Å². The number of nitrogens with one attached hydrogen (secondary N) is 1. The fourth-order valence-electron chi connectivity index (χ4n) is 2.75. The Labute approximate surface area is 172 Å². The summed E-state index contributed by atoms with van der Waals surface area (Å²) in [6.45, 7) is 0. The lowest BCUT2D eigenvalue weighted by atomic mass is 10.1. The lowest BCUT2D eigenvalue weighted by molar-refractivity contribution is -0.114. The van der Waals surface area contributed by atoms with Crippen LogP contribution in [0, 0.1) is 5.41 Å². The Hall–Kier alpha value is -2.68. The van der Waals surface area contributed by atoms with Crippen LogP contribution in [0.25, 0.3) is 17.4 Å². The molecule has 0 aliphatic carbocycles. The molecule has 1 fully saturated rings. The zero-order chi connectivity index (χ0) is 19.8. The smallest absolute Gasteiger partial charge is 0.337 e. The summed E-state index contributed by atoms with van der Waals surface area (Å²) in [4.78, 5) is 28.5. The van der Waals surface area contributed by atoms with Crippen LogP contribution in [0.3, 0.4) is 0 Å². The summed E-state index contributed by atoms with van der Waals surface area (Å²) in [6, 6.07) is 7.97. The highest BCUT2D eigenvalue weighted by atomic mass is 35.5. The quantitative estimate of drug-likeness (QED) is 0.553. The average molecular weight is 431 g/mol. The van der Waals surface area contributed by atoms with Crippen molar-refractivity contribution in [2.45, 2.75) is 5.92 Å². The van der Waals surface area contributed by atoms with Gasteiger partial charge in [0.25, 0.3) is 0 Å². The van der Waals surface area contributed by atoms with Crippen LogP contribution in [-0.4, -0.2) is 26.9 Å². The number of halogens is 1. The number of carbonyl (C=O) groups is 2. The number of aromatic carboxylic acids is 1. The van der Waals surface area contributed by atoms with Gasteiger partial charge in [-0.2, -0.15) is 0 Å². The number of nitrogens with zero attached hydrogens (tertiary/aromatic N) is 1. The zero-order valence-corrected chi connectivity index (χ0v) is 16.4. The summed E-state index contributed by atoms with van der Waals surface area (Å²) in [5.41, 5.74) is 0.544. The number of thiazole rings is 1. The van der Waals surface area contributed by atoms with Gasteiger partial charge in [0.15, 0.2) is 5.78 Å². The standard InChI is InChI=1S/C19H11ClN2O4S2/c20-12-3-1-9(7-11(12)19(24)25)13-4-2-10(26-13)8-14-16(23)15(17(21)28-14)18-22-5-6-27-18/h1-8,15,21H,(H,24,25)/b14-8-,21-17?/t15-/m1/s1. The molecule has 6 nitrogen and oxygen atoms in total. The maximum Gasteiger partial charge on any atom is 0.337 e. The number of benzene rings is 1. The molecule has 3 heterocycles. The number of carboxylic acids is 1. The predicted octanol–water partition coefficient (Wildman–Crippen LogP) is 5.17. The Morgan fingerprint density at radius 1 is 1.32 bits per heavy atom. The molecule has 1 aliphatic heterocycles. The molecule has 1 atom stereocenters. The van der Waals surface area contributed by atoms with E-state index in [9.17, 15) is 14.7 Å². The Morgan fingerprint density at radius 3 is 2.86 bits per heavy atom. The molecule has 1 aliphatic rings. The van der Waals surface area contributed by atoms with Gasteiger partial charge in [-0.05, 0) is 36.4 Å². The first-order valence-corrected chi connectivity index (χ1v) is 10.1. The third-order valence-corrected chi connectivity index (χ3v) is 6.23. The van der Waals surface area contributed by atoms with Crippen molar-refractivity contribution in [2.24, 2.45) is 0 Å². The van der Waals surface area contributed by atoms with Crippen LogP contribution in [0.15, 0.2) is 51.2 Å². The minimum atomic E-state index is -1.12. The van der Waals surface area contributed by atoms with E-state index in [0.29, 0.717) is 27.0 Å². The van der Waals surface area contributed by atoms with Gasteiger partial charge in [-0.3, -0.25) is 10.2 Å². The molecular weight excluding hydrogens is 420 g/mol. The van der Waals surface area contributed by atoms with Crippen LogP contribution >= 0.6 is 34.7 Å². The normalized spacial score (nSPS) is 18.2. The van der Waals surface area contributed by atoms with E-state index < -0.39 is 11.9 Å². The van der Waals surface area contributed by atoms with Gasteiger partial charge in [0.2, 0.25) is 0 Å². The molecule has 0 spiro atoms. The van der Waals surface area contributed by atoms with E-state index in [1.54, 1.807) is 35.9 Å². The molecule has 4 rings (SSSR count). The van der Waals surface area contributed by atoms with Crippen molar-refractivity contribution in [3.8, 4) is 11.3 Å². The number of aromatic nitrogens is 1. The summed E-state index contributed by atoms with van der Waals surface area (Å²) >= 11 is 8.34. The van der Waals surface area contributed by atoms with Gasteiger partial charge in [-0.1, -0.05) is 23.4 Å². The van der Waals surface area contributed by atoms with E-state index in [0.717, 1.165) is 11.8 Å². The molecule has 0 unspecified atom stereocenters. The van der Waals surface area contributed by atoms with E-state index in [4.69, 9.17) is 21.4 Å². The number of Topliss-reactive ketones (excluding diaryl/α,β-unsaturated/α-hetero) is 1. The lowest BCUT2D eigenvalue weighted by Crippen LogP contribution is -2.11. The third kappa shape index (κ3) is 3.42. The monoisotopic (exact) mass is 430 g/mol. The summed E-state index contributed by atoms with van der Waals surface area (Å²) in [5.74, 6) is -1.07. The number of ketones is 1. The van der Waals surface area contributed by atoms with Crippen LogP contribution in [0.4, 0.5) is 0 Å². The van der Waals surface area contributed by atoms with Crippen molar-refractivity contribution in [2.75, 3.05) is 0 Å².